The highest BCUT2D eigenvalue weighted by molar-refractivity contribution is 7.85. The van der Waals surface area contributed by atoms with E-state index in [0.29, 0.717) is 0 Å². The van der Waals surface area contributed by atoms with E-state index in [0.717, 1.165) is 0 Å². The molecule has 0 saturated carbocycles. The molecule has 6 aliphatic rings. The lowest BCUT2D eigenvalue weighted by molar-refractivity contribution is -0.386. The van der Waals surface area contributed by atoms with E-state index in [1.807, 2.05) is 0 Å². The summed E-state index contributed by atoms with van der Waals surface area (Å²) in [7, 11) is -127. The number of rotatable bonds is 54. The molecule has 6 rings (SSSR count). The molecule has 0 amide bonds. The molecule has 0 aromatic heterocycles. The van der Waals surface area contributed by atoms with Gasteiger partial charge in [0.25, 0.3) is 0 Å². The molecule has 6 heterocycles. The topological polar surface area (TPSA) is 1330 Å². The molecule has 6 saturated heterocycles. The predicted octanol–water partition coefficient (Wildman–Crippen LogP) is -17.4. The lowest BCUT2D eigenvalue weighted by atomic mass is 9.95. The quantitative estimate of drug-likeness (QED) is 0.0251. The van der Waals surface area contributed by atoms with Gasteiger partial charge in [0.15, 0.2) is 74.4 Å². The molecule has 0 radical (unpaired) electrons. The maximum absolute atomic E-state index is 13.2. The largest absolute Gasteiger partial charge is 0.397 e. The summed E-state index contributed by atoms with van der Waals surface area (Å²) in [4.78, 5) is 0. The fourth-order valence-corrected chi connectivity index (χ4v) is 20.6. The van der Waals surface area contributed by atoms with Gasteiger partial charge in [-0.1, -0.05) is 0 Å². The van der Waals surface area contributed by atoms with Crippen LogP contribution in [0, 0.1) is 0 Å². The zero-order valence-electron chi connectivity index (χ0n) is 66.0. The Morgan fingerprint density at radius 1 is 0.140 bits per heavy atom. The van der Waals surface area contributed by atoms with Crippen LogP contribution >= 0.6 is 0 Å². The first kappa shape index (κ1) is 129. The van der Waals surface area contributed by atoms with Crippen molar-refractivity contribution in [3.63, 3.8) is 0 Å². The molecule has 6 fully saturated rings. The maximum atomic E-state index is 13.2. The molecule has 0 aliphatic carbocycles. The summed E-state index contributed by atoms with van der Waals surface area (Å²) in [6.45, 7) is -15.1. The fraction of sp³-hybridized carbons (Fsp3) is 1.00. The Hall–Kier alpha value is -2.95. The molecule has 30 atom stereocenters. The maximum Gasteiger partial charge on any atom is 0.397 e. The molecule has 6 aliphatic heterocycles. The van der Waals surface area contributed by atoms with Crippen LogP contribution < -0.4 is 0 Å². The summed E-state index contributed by atoms with van der Waals surface area (Å²) in [6.07, 6.45) is -117. The lowest BCUT2D eigenvalue weighted by Gasteiger charge is -2.51. The van der Waals surface area contributed by atoms with E-state index < -0.39 is 421 Å². The van der Waals surface area contributed by atoms with Crippen molar-refractivity contribution in [1.29, 1.82) is 0 Å². The minimum atomic E-state index is -7.14. The Morgan fingerprint density at radius 3 is 0.399 bits per heavy atom. The summed E-state index contributed by atoms with van der Waals surface area (Å²) in [5, 5.41) is 10.8. The second-order valence-corrected chi connectivity index (χ2v) is 46.6. The molecule has 0 spiro atoms. The smallest absolute Gasteiger partial charge is 0.366 e. The molecule has 20 N–H and O–H groups in total. The molecule has 88 nitrogen and oxygen atoms in total. The zero-order chi connectivity index (χ0) is 110. The van der Waals surface area contributed by atoms with E-state index in [-0.39, 0.29) is 0 Å². The molecular formula is C36H62O88S19. The molecule has 0 aromatic rings. The van der Waals surface area contributed by atoms with Gasteiger partial charge in [-0.2, -0.15) is 160 Å². The summed E-state index contributed by atoms with van der Waals surface area (Å²) in [6, 6.07) is 0. The van der Waals surface area contributed by atoms with Crippen LogP contribution in [-0.4, -0.2) is 475 Å². The number of aliphatic hydroxyl groups excluding tert-OH is 1. The second-order valence-electron chi connectivity index (χ2n) is 26.4. The predicted molar refractivity (Wildman–Crippen MR) is 397 cm³/mol. The van der Waals surface area contributed by atoms with Gasteiger partial charge in [-0.3, -0.25) is 86.5 Å². The summed E-state index contributed by atoms with van der Waals surface area (Å²) in [5.74, 6) is 0. The molecular weight excluding hydrogens is 2450 g/mol. The minimum absolute atomic E-state index is 2.18. The van der Waals surface area contributed by atoms with Crippen LogP contribution in [0.25, 0.3) is 0 Å². The lowest BCUT2D eigenvalue weighted by Crippen LogP contribution is -2.70. The van der Waals surface area contributed by atoms with Gasteiger partial charge >= 0.3 is 198 Å². The van der Waals surface area contributed by atoms with Crippen molar-refractivity contribution >= 4 is 198 Å². The Labute approximate surface area is 799 Å². The van der Waals surface area contributed by atoms with Gasteiger partial charge in [0.05, 0.1) is 39.6 Å². The van der Waals surface area contributed by atoms with Gasteiger partial charge in [0, 0.05) is 0 Å². The number of hydrogen-bond acceptors (Lipinski definition) is 69. The van der Waals surface area contributed by atoms with Crippen LogP contribution in [0.3, 0.4) is 0 Å². The van der Waals surface area contributed by atoms with E-state index in [1.165, 1.54) is 0 Å². The Kier molecular flexibility index (Phi) is 42.4. The second kappa shape index (κ2) is 47.2. The zero-order valence-corrected chi connectivity index (χ0v) is 81.5. The van der Waals surface area contributed by atoms with E-state index >= 15 is 0 Å². The molecule has 1 unspecified atom stereocenters. The standard InChI is InChI=1S/C36H62O88S19/c37-31-25(119-138(77,78)79)19(113-132(59,60)61)13(7(101-31)1-95-125(38,39)40)107-32-26(120-139(80,81)82)20(114-133(62,63)64)14(8(102-32)2-96-126(41,42)43)108-33-27(121-140(83,84)85)21(115-134(65,66)67)15(9(103-33)3-97-127(44,45)46)109-34-28(122-141(86,87)88)22(116-135(68,69)70)16(10(104-34)4-98-128(47,48)49)110-35-29(123-142(89,90)91)23(117-136(71,72)73)17(11(105-35)5-99-129(50,51)52)111-36-30(124-143(92,93)94)24(118-137(74,75)76)18(112-131(56,57)58)12(106-36)6-100-130(53,54)55/h7-37H,1-6H2,(H,38,39,40)(H,41,42,43)(H,44,45,46)(H,47,48,49)(H,50,51,52)(H,53,54,55)(H,56,57,58)(H,59,60,61)(H,62,63,64)(H,65,66,67)(H,68,69,70)(H,71,72,73)(H,74,75,76)(H,77,78,79)(H,80,81,82)(H,83,84,85)(H,86,87,88)(H,89,90,91)(H,92,93,94)/t7-,8-,9-,10-,11-,12-,13-,14-,15-,16-,17-,18-,19+,20+,21+,22+,23+,24+,25-,26-,27-,28-,29-,30-,31?,32-,33-,34-,35-,36-/m1/s1. The summed E-state index contributed by atoms with van der Waals surface area (Å²) in [5.41, 5.74) is 0. The highest BCUT2D eigenvalue weighted by Gasteiger charge is 2.66. The highest BCUT2D eigenvalue weighted by Crippen LogP contribution is 2.45. The van der Waals surface area contributed by atoms with Crippen LogP contribution in [0.4, 0.5) is 0 Å². The van der Waals surface area contributed by atoms with Crippen LogP contribution in [0.1, 0.15) is 0 Å². The van der Waals surface area contributed by atoms with Crippen LogP contribution in [0.15, 0.2) is 0 Å². The average molecular weight is 2510 g/mol. The third-order valence-corrected chi connectivity index (χ3v) is 25.0. The number of ether oxygens (including phenoxy) is 11. The average Bonchev–Trinajstić information content (AvgIpc) is 0.747. The first-order chi connectivity index (χ1) is 63.5. The highest BCUT2D eigenvalue weighted by atomic mass is 32.3. The van der Waals surface area contributed by atoms with Crippen LogP contribution in [-0.2, 0) is 329 Å². The van der Waals surface area contributed by atoms with E-state index in [4.69, 9.17) is 52.1 Å². The minimum Gasteiger partial charge on any atom is -0.366 e. The third-order valence-electron chi connectivity index (χ3n) is 16.3. The van der Waals surface area contributed by atoms with Crippen molar-refractivity contribution < 1.29 is 383 Å². The Bertz CT molecular complexity index is 6720. The number of aliphatic hydroxyl groups is 1. The molecule has 143 heavy (non-hydrogen) atoms. The van der Waals surface area contributed by atoms with Crippen molar-refractivity contribution in [2.75, 3.05) is 39.6 Å². The van der Waals surface area contributed by atoms with E-state index in [1.54, 1.807) is 0 Å². The molecule has 0 aromatic carbocycles. The van der Waals surface area contributed by atoms with Gasteiger partial charge in [-0.05, 0) is 0 Å². The van der Waals surface area contributed by atoms with Crippen LogP contribution in [0.5, 0.6) is 0 Å². The van der Waals surface area contributed by atoms with Crippen molar-refractivity contribution in [2.45, 2.75) is 184 Å². The third kappa shape index (κ3) is 46.1. The van der Waals surface area contributed by atoms with Gasteiger partial charge in [0.2, 0.25) is 0 Å². The van der Waals surface area contributed by atoms with Gasteiger partial charge in [-0.15, -0.1) is 0 Å². The van der Waals surface area contributed by atoms with Gasteiger partial charge in [-0.25, -0.2) is 79.5 Å². The van der Waals surface area contributed by atoms with Crippen molar-refractivity contribution in [3.05, 3.63) is 0 Å². The first-order valence-electron chi connectivity index (χ1n) is 33.7. The fourth-order valence-electron chi connectivity index (χ4n) is 12.4. The molecule has 0 bridgehead atoms. The number of hydrogen-bond donors (Lipinski definition) is 20. The Morgan fingerprint density at radius 2 is 0.252 bits per heavy atom. The summed E-state index contributed by atoms with van der Waals surface area (Å²) < 4.78 is 806. The van der Waals surface area contributed by atoms with E-state index in [2.05, 4.69) is 79.5 Å². The van der Waals surface area contributed by atoms with Crippen LogP contribution in [0.2, 0.25) is 0 Å². The van der Waals surface area contributed by atoms with Gasteiger partial charge in [0.1, 0.15) is 110 Å². The SMILES string of the molecule is O=S(=O)(O)OC[C@H]1O[C@H](O[C@H]2[C@H](OS(=O)(=O)O)[C@@H](OS(=O)(=O)O)[C@@H](O[C@H]3[C@H](OS(=O)(=O)O)[C@@H](OS(=O)(=O)O)[C@@H](O[C@H]4[C@H](OS(=O)(=O)O)[C@@H](OS(=O)(=O)O)C(O)O[C@@H]4COS(=O)(=O)O)O[C@@H]3COS(=O)(=O)O)O[C@@H]2COS(=O)(=O)O)[C@H](OS(=O)(=O)O)[C@@H](OS(=O)(=O)O)[C@@H]1O[C@H]1O[C@H](COS(=O)(=O)O)[C@@H](O[C@H]2O[C@H](COS(=O)(=O)O)[C@@H](OS(=O)(=O)O)[C@H](OS(=O)(=O)O)[C@H]2OS(=O)(=O)O)[C@H](OS(=O)(=O)O)[C@H]1OS(=O)(=O)O. The van der Waals surface area contributed by atoms with Crippen molar-refractivity contribution in [1.82, 2.24) is 0 Å². The first-order valence-corrected chi connectivity index (χ1v) is 59.6. The van der Waals surface area contributed by atoms with Crippen molar-refractivity contribution in [2.24, 2.45) is 0 Å². The van der Waals surface area contributed by atoms with E-state index in [9.17, 15) is 252 Å². The van der Waals surface area contributed by atoms with Crippen molar-refractivity contribution in [3.8, 4) is 0 Å². The van der Waals surface area contributed by atoms with Gasteiger partial charge < -0.3 is 57.2 Å². The molecule has 848 valence electrons. The monoisotopic (exact) mass is 2510 g/mol. The summed E-state index contributed by atoms with van der Waals surface area (Å²) >= 11 is 0. The molecule has 107 heteroatoms. The normalized spacial score (nSPS) is 33.5. The Balaban J connectivity index is 1.71.